The number of hydroxylamine groups is 1. The number of rotatable bonds is 6. The standard InChI is InChI=1S/C21H23ClN2O2/c22-19-10-5-17(6-11-19)13-15-24-14-1-2-20(24)18-8-3-16(4-9-18)7-12-21(25)23-26/h3-12,20,26H,1-2,13-15H2,(H,23,25)/b12-7+/t20-/m0/s1. The van der Waals surface area contributed by atoms with E-state index in [0.717, 1.165) is 30.1 Å². The highest BCUT2D eigenvalue weighted by molar-refractivity contribution is 6.30. The normalized spacial score (nSPS) is 17.7. The van der Waals surface area contributed by atoms with Gasteiger partial charge >= 0.3 is 0 Å². The molecular formula is C21H23ClN2O2. The number of nitrogens with one attached hydrogen (secondary N) is 1. The molecule has 1 aliphatic rings. The van der Waals surface area contributed by atoms with Gasteiger partial charge in [0.15, 0.2) is 0 Å². The van der Waals surface area contributed by atoms with E-state index in [1.807, 2.05) is 24.3 Å². The molecule has 4 nitrogen and oxygen atoms in total. The van der Waals surface area contributed by atoms with Crippen molar-refractivity contribution < 1.29 is 10.0 Å². The lowest BCUT2D eigenvalue weighted by atomic mass is 10.0. The van der Waals surface area contributed by atoms with Gasteiger partial charge in [-0.2, -0.15) is 0 Å². The van der Waals surface area contributed by atoms with Gasteiger partial charge in [-0.3, -0.25) is 14.9 Å². The number of halogens is 1. The van der Waals surface area contributed by atoms with Crippen LogP contribution in [0.5, 0.6) is 0 Å². The van der Waals surface area contributed by atoms with Crippen molar-refractivity contribution in [2.75, 3.05) is 13.1 Å². The van der Waals surface area contributed by atoms with Crippen molar-refractivity contribution in [2.45, 2.75) is 25.3 Å². The fourth-order valence-corrected chi connectivity index (χ4v) is 3.56. The SMILES string of the molecule is O=C(/C=C/c1ccc([C@@H]2CCCN2CCc2ccc(Cl)cc2)cc1)NO. The molecule has 2 N–H and O–H groups in total. The minimum atomic E-state index is -0.529. The fraction of sp³-hybridized carbons (Fsp3) is 0.286. The number of amides is 1. The van der Waals surface area contributed by atoms with Crippen LogP contribution < -0.4 is 5.48 Å². The predicted molar refractivity (Wildman–Crippen MR) is 104 cm³/mol. The van der Waals surface area contributed by atoms with E-state index in [9.17, 15) is 4.79 Å². The molecule has 26 heavy (non-hydrogen) atoms. The highest BCUT2D eigenvalue weighted by Gasteiger charge is 2.25. The van der Waals surface area contributed by atoms with Gasteiger partial charge in [-0.1, -0.05) is 48.0 Å². The average molecular weight is 371 g/mol. The summed E-state index contributed by atoms with van der Waals surface area (Å²) in [5.74, 6) is -0.529. The van der Waals surface area contributed by atoms with E-state index in [4.69, 9.17) is 16.8 Å². The second kappa shape index (κ2) is 8.99. The van der Waals surface area contributed by atoms with Crippen LogP contribution in [0.4, 0.5) is 0 Å². The Labute approximate surface area is 159 Å². The van der Waals surface area contributed by atoms with E-state index in [1.165, 1.54) is 30.0 Å². The number of nitrogens with zero attached hydrogens (tertiary/aromatic N) is 1. The highest BCUT2D eigenvalue weighted by atomic mass is 35.5. The average Bonchev–Trinajstić information content (AvgIpc) is 3.14. The van der Waals surface area contributed by atoms with Crippen LogP contribution in [-0.4, -0.2) is 29.1 Å². The van der Waals surface area contributed by atoms with Gasteiger partial charge < -0.3 is 0 Å². The van der Waals surface area contributed by atoms with Gasteiger partial charge in [-0.25, -0.2) is 5.48 Å². The maximum absolute atomic E-state index is 11.0. The minimum absolute atomic E-state index is 0.445. The van der Waals surface area contributed by atoms with E-state index in [2.05, 4.69) is 29.2 Å². The van der Waals surface area contributed by atoms with Crippen LogP contribution in [0.2, 0.25) is 5.02 Å². The monoisotopic (exact) mass is 370 g/mol. The summed E-state index contributed by atoms with van der Waals surface area (Å²) >= 11 is 5.95. The molecule has 0 spiro atoms. The molecule has 3 rings (SSSR count). The predicted octanol–water partition coefficient (Wildman–Crippen LogP) is 4.24. The molecule has 1 aliphatic heterocycles. The molecule has 2 aromatic rings. The fourth-order valence-electron chi connectivity index (χ4n) is 3.43. The first-order chi connectivity index (χ1) is 12.7. The molecule has 2 aromatic carbocycles. The van der Waals surface area contributed by atoms with Crippen LogP contribution in [0.1, 0.15) is 35.6 Å². The zero-order valence-electron chi connectivity index (χ0n) is 14.6. The largest absolute Gasteiger partial charge is 0.296 e. The van der Waals surface area contributed by atoms with E-state index in [1.54, 1.807) is 11.6 Å². The van der Waals surface area contributed by atoms with E-state index in [-0.39, 0.29) is 0 Å². The van der Waals surface area contributed by atoms with Crippen molar-refractivity contribution in [3.63, 3.8) is 0 Å². The molecule has 0 aliphatic carbocycles. The Morgan fingerprint density at radius 2 is 1.92 bits per heavy atom. The number of benzene rings is 2. The zero-order chi connectivity index (χ0) is 18.4. The number of hydrogen-bond donors (Lipinski definition) is 2. The van der Waals surface area contributed by atoms with Gasteiger partial charge in [-0.15, -0.1) is 0 Å². The summed E-state index contributed by atoms with van der Waals surface area (Å²) < 4.78 is 0. The van der Waals surface area contributed by atoms with Crippen molar-refractivity contribution in [1.82, 2.24) is 10.4 Å². The number of carbonyl (C=O) groups is 1. The van der Waals surface area contributed by atoms with Crippen LogP contribution >= 0.6 is 11.6 Å². The summed E-state index contributed by atoms with van der Waals surface area (Å²) in [5, 5.41) is 9.29. The Bertz CT molecular complexity index is 757. The van der Waals surface area contributed by atoms with Gasteiger partial charge in [0, 0.05) is 23.7 Å². The molecule has 1 fully saturated rings. The number of carbonyl (C=O) groups excluding carboxylic acids is 1. The second-order valence-corrected chi connectivity index (χ2v) is 6.98. The van der Waals surface area contributed by atoms with E-state index >= 15 is 0 Å². The molecule has 136 valence electrons. The van der Waals surface area contributed by atoms with E-state index < -0.39 is 5.91 Å². The molecule has 0 aromatic heterocycles. The quantitative estimate of drug-likeness (QED) is 0.454. The van der Waals surface area contributed by atoms with Gasteiger partial charge in [0.05, 0.1) is 0 Å². The molecule has 0 unspecified atom stereocenters. The highest BCUT2D eigenvalue weighted by Crippen LogP contribution is 2.32. The van der Waals surface area contributed by atoms with Crippen molar-refractivity contribution in [3.05, 3.63) is 76.3 Å². The molecule has 1 heterocycles. The summed E-state index contributed by atoms with van der Waals surface area (Å²) in [5.41, 5.74) is 5.14. The van der Waals surface area contributed by atoms with Gasteiger partial charge in [-0.05, 0) is 60.7 Å². The smallest absolute Gasteiger partial charge is 0.267 e. The molecular weight excluding hydrogens is 348 g/mol. The summed E-state index contributed by atoms with van der Waals surface area (Å²) in [6, 6.07) is 16.8. The summed E-state index contributed by atoms with van der Waals surface area (Å²) in [6.07, 6.45) is 6.39. The molecule has 0 saturated carbocycles. The first-order valence-corrected chi connectivity index (χ1v) is 9.24. The maximum atomic E-state index is 11.0. The van der Waals surface area contributed by atoms with E-state index in [0.29, 0.717) is 6.04 Å². The van der Waals surface area contributed by atoms with Crippen LogP contribution in [-0.2, 0) is 11.2 Å². The van der Waals surface area contributed by atoms with Crippen LogP contribution in [0.25, 0.3) is 6.08 Å². The lowest BCUT2D eigenvalue weighted by Crippen LogP contribution is -2.25. The van der Waals surface area contributed by atoms with Gasteiger partial charge in [0.1, 0.15) is 0 Å². The summed E-state index contributed by atoms with van der Waals surface area (Å²) in [6.45, 7) is 2.15. The van der Waals surface area contributed by atoms with Crippen molar-refractivity contribution in [3.8, 4) is 0 Å². The molecule has 0 radical (unpaired) electrons. The Balaban J connectivity index is 1.61. The zero-order valence-corrected chi connectivity index (χ0v) is 15.3. The summed E-state index contributed by atoms with van der Waals surface area (Å²) in [4.78, 5) is 13.6. The number of likely N-dealkylation sites (tertiary alicyclic amines) is 1. The Kier molecular flexibility index (Phi) is 6.45. The van der Waals surface area contributed by atoms with Crippen LogP contribution in [0.15, 0.2) is 54.6 Å². The van der Waals surface area contributed by atoms with Crippen molar-refractivity contribution in [2.24, 2.45) is 0 Å². The first-order valence-electron chi connectivity index (χ1n) is 8.86. The third-order valence-corrected chi connectivity index (χ3v) is 5.08. The lowest BCUT2D eigenvalue weighted by molar-refractivity contribution is -0.124. The molecule has 1 amide bonds. The van der Waals surface area contributed by atoms with Crippen LogP contribution in [0.3, 0.4) is 0 Å². The first kappa shape index (κ1) is 18.6. The van der Waals surface area contributed by atoms with Crippen molar-refractivity contribution >= 4 is 23.6 Å². The third-order valence-electron chi connectivity index (χ3n) is 4.82. The Morgan fingerprint density at radius 1 is 1.19 bits per heavy atom. The topological polar surface area (TPSA) is 52.6 Å². The van der Waals surface area contributed by atoms with Crippen LogP contribution in [0, 0.1) is 0 Å². The molecule has 1 saturated heterocycles. The van der Waals surface area contributed by atoms with Crippen molar-refractivity contribution in [1.29, 1.82) is 0 Å². The lowest BCUT2D eigenvalue weighted by Gasteiger charge is -2.25. The molecule has 5 heteroatoms. The maximum Gasteiger partial charge on any atom is 0.267 e. The Morgan fingerprint density at radius 3 is 2.62 bits per heavy atom. The third kappa shape index (κ3) is 4.94. The van der Waals surface area contributed by atoms with Gasteiger partial charge in [0.2, 0.25) is 0 Å². The molecule has 0 bridgehead atoms. The summed E-state index contributed by atoms with van der Waals surface area (Å²) in [7, 11) is 0. The van der Waals surface area contributed by atoms with Gasteiger partial charge in [0.25, 0.3) is 5.91 Å². The Hall–Kier alpha value is -2.14. The molecule has 1 atom stereocenters. The second-order valence-electron chi connectivity index (χ2n) is 6.55. The number of hydrogen-bond acceptors (Lipinski definition) is 3. The minimum Gasteiger partial charge on any atom is -0.296 e.